The van der Waals surface area contributed by atoms with E-state index in [2.05, 4.69) is 22.2 Å². The first-order valence-electron chi connectivity index (χ1n) is 6.05. The fraction of sp³-hybridized carbons (Fsp3) is 0.750. The zero-order valence-corrected chi connectivity index (χ0v) is 10.7. The molecule has 1 aliphatic carbocycles. The van der Waals surface area contributed by atoms with Crippen molar-refractivity contribution in [1.29, 1.82) is 0 Å². The Morgan fingerprint density at radius 2 is 2.31 bits per heavy atom. The third-order valence-corrected chi connectivity index (χ3v) is 3.77. The lowest BCUT2D eigenvalue weighted by Gasteiger charge is -2.20. The van der Waals surface area contributed by atoms with Crippen LogP contribution in [0.1, 0.15) is 36.4 Å². The van der Waals surface area contributed by atoms with Gasteiger partial charge in [-0.2, -0.15) is 0 Å². The second-order valence-corrected chi connectivity index (χ2v) is 5.55. The van der Waals surface area contributed by atoms with Gasteiger partial charge in [0.05, 0.1) is 10.7 Å². The SMILES string of the molecule is Cc1nc(CN(CCCCO)C2CC2)cs1. The molecule has 0 bridgehead atoms. The molecular formula is C12H20N2OS. The van der Waals surface area contributed by atoms with Crippen molar-refractivity contribution in [1.82, 2.24) is 9.88 Å². The number of aromatic nitrogens is 1. The van der Waals surface area contributed by atoms with Gasteiger partial charge in [0.1, 0.15) is 0 Å². The molecule has 3 nitrogen and oxygen atoms in total. The molecule has 1 saturated carbocycles. The van der Waals surface area contributed by atoms with Crippen LogP contribution in [0.3, 0.4) is 0 Å². The van der Waals surface area contributed by atoms with E-state index in [0.29, 0.717) is 6.61 Å². The molecule has 1 aromatic rings. The smallest absolute Gasteiger partial charge is 0.0897 e. The van der Waals surface area contributed by atoms with Gasteiger partial charge >= 0.3 is 0 Å². The molecular weight excluding hydrogens is 220 g/mol. The molecule has 4 heteroatoms. The average Bonchev–Trinajstić information content (AvgIpc) is 3.02. The molecule has 0 amide bonds. The van der Waals surface area contributed by atoms with Crippen molar-refractivity contribution in [2.45, 2.75) is 45.2 Å². The van der Waals surface area contributed by atoms with Crippen LogP contribution >= 0.6 is 11.3 Å². The molecule has 1 heterocycles. The van der Waals surface area contributed by atoms with Crippen molar-refractivity contribution in [2.24, 2.45) is 0 Å². The number of unbranched alkanes of at least 4 members (excludes halogenated alkanes) is 1. The molecule has 0 radical (unpaired) electrons. The van der Waals surface area contributed by atoms with Gasteiger partial charge in [-0.3, -0.25) is 4.90 Å². The van der Waals surface area contributed by atoms with Crippen LogP contribution in [0.25, 0.3) is 0 Å². The molecule has 1 aliphatic rings. The van der Waals surface area contributed by atoms with Gasteiger partial charge in [-0.1, -0.05) is 0 Å². The number of hydrogen-bond acceptors (Lipinski definition) is 4. The van der Waals surface area contributed by atoms with Crippen molar-refractivity contribution in [3.63, 3.8) is 0 Å². The minimum absolute atomic E-state index is 0.314. The number of thiazole rings is 1. The summed E-state index contributed by atoms with van der Waals surface area (Å²) in [6.45, 7) is 4.46. The maximum atomic E-state index is 8.80. The van der Waals surface area contributed by atoms with Crippen molar-refractivity contribution in [2.75, 3.05) is 13.2 Å². The van der Waals surface area contributed by atoms with E-state index < -0.39 is 0 Å². The molecule has 0 atom stereocenters. The molecule has 16 heavy (non-hydrogen) atoms. The summed E-state index contributed by atoms with van der Waals surface area (Å²) in [6.07, 6.45) is 4.68. The molecule has 1 aromatic heterocycles. The Balaban J connectivity index is 1.82. The minimum atomic E-state index is 0.314. The maximum absolute atomic E-state index is 8.80. The Morgan fingerprint density at radius 3 is 2.88 bits per heavy atom. The van der Waals surface area contributed by atoms with E-state index in [0.717, 1.165) is 37.0 Å². The van der Waals surface area contributed by atoms with Crippen molar-refractivity contribution >= 4 is 11.3 Å². The van der Waals surface area contributed by atoms with Gasteiger partial charge in [-0.05, 0) is 39.2 Å². The number of aryl methyl sites for hydroxylation is 1. The van der Waals surface area contributed by atoms with Crippen LogP contribution in [0.2, 0.25) is 0 Å². The normalized spacial score (nSPS) is 15.9. The first kappa shape index (κ1) is 12.0. The lowest BCUT2D eigenvalue weighted by molar-refractivity contribution is 0.227. The second kappa shape index (κ2) is 5.75. The van der Waals surface area contributed by atoms with Crippen LogP contribution in [0, 0.1) is 6.92 Å². The van der Waals surface area contributed by atoms with E-state index in [1.807, 2.05) is 0 Å². The van der Waals surface area contributed by atoms with Gasteiger partial charge in [-0.15, -0.1) is 11.3 Å². The first-order valence-corrected chi connectivity index (χ1v) is 6.93. The van der Waals surface area contributed by atoms with E-state index in [1.165, 1.54) is 18.5 Å². The number of aliphatic hydroxyl groups excluding tert-OH is 1. The predicted molar refractivity (Wildman–Crippen MR) is 66.6 cm³/mol. The van der Waals surface area contributed by atoms with E-state index in [9.17, 15) is 0 Å². The topological polar surface area (TPSA) is 36.4 Å². The van der Waals surface area contributed by atoms with E-state index >= 15 is 0 Å². The van der Waals surface area contributed by atoms with Crippen LogP contribution < -0.4 is 0 Å². The van der Waals surface area contributed by atoms with E-state index in [1.54, 1.807) is 11.3 Å². The Bertz CT molecular complexity index is 323. The molecule has 90 valence electrons. The fourth-order valence-electron chi connectivity index (χ4n) is 1.95. The summed E-state index contributed by atoms with van der Waals surface area (Å²) in [6, 6.07) is 0.778. The quantitative estimate of drug-likeness (QED) is 0.742. The summed E-state index contributed by atoms with van der Waals surface area (Å²) in [5.74, 6) is 0. The molecule has 2 rings (SSSR count). The van der Waals surface area contributed by atoms with Gasteiger partial charge in [-0.25, -0.2) is 4.98 Å². The predicted octanol–water partition coefficient (Wildman–Crippen LogP) is 2.19. The summed E-state index contributed by atoms with van der Waals surface area (Å²) in [5.41, 5.74) is 1.21. The standard InChI is InChI=1S/C12H20N2OS/c1-10-13-11(9-16-10)8-14(12-4-5-12)6-2-3-7-15/h9,12,15H,2-8H2,1H3. The summed E-state index contributed by atoms with van der Waals surface area (Å²) < 4.78 is 0. The van der Waals surface area contributed by atoms with Gasteiger partial charge in [0.2, 0.25) is 0 Å². The van der Waals surface area contributed by atoms with Crippen LogP contribution in [-0.4, -0.2) is 34.2 Å². The number of hydrogen-bond donors (Lipinski definition) is 1. The Kier molecular flexibility index (Phi) is 4.32. The fourth-order valence-corrected chi connectivity index (χ4v) is 2.55. The lowest BCUT2D eigenvalue weighted by atomic mass is 10.3. The largest absolute Gasteiger partial charge is 0.396 e. The highest BCUT2D eigenvalue weighted by atomic mass is 32.1. The van der Waals surface area contributed by atoms with Crippen molar-refractivity contribution in [3.8, 4) is 0 Å². The maximum Gasteiger partial charge on any atom is 0.0897 e. The molecule has 0 aromatic carbocycles. The van der Waals surface area contributed by atoms with E-state index in [-0.39, 0.29) is 0 Å². The summed E-state index contributed by atoms with van der Waals surface area (Å²) >= 11 is 1.73. The zero-order valence-electron chi connectivity index (χ0n) is 9.85. The van der Waals surface area contributed by atoms with Gasteiger partial charge < -0.3 is 5.11 Å². The second-order valence-electron chi connectivity index (χ2n) is 4.49. The summed E-state index contributed by atoms with van der Waals surface area (Å²) in [5, 5.41) is 12.1. The summed E-state index contributed by atoms with van der Waals surface area (Å²) in [7, 11) is 0. The summed E-state index contributed by atoms with van der Waals surface area (Å²) in [4.78, 5) is 7.03. The van der Waals surface area contributed by atoms with Crippen molar-refractivity contribution in [3.05, 3.63) is 16.1 Å². The third kappa shape index (κ3) is 3.54. The average molecular weight is 240 g/mol. The number of aliphatic hydroxyl groups is 1. The minimum Gasteiger partial charge on any atom is -0.396 e. The third-order valence-electron chi connectivity index (χ3n) is 2.95. The Morgan fingerprint density at radius 1 is 1.50 bits per heavy atom. The van der Waals surface area contributed by atoms with Gasteiger partial charge in [0, 0.05) is 24.6 Å². The van der Waals surface area contributed by atoms with E-state index in [4.69, 9.17) is 5.11 Å². The molecule has 0 spiro atoms. The Labute approximate surface area is 101 Å². The molecule has 1 fully saturated rings. The number of nitrogens with zero attached hydrogens (tertiary/aromatic N) is 2. The molecule has 0 saturated heterocycles. The molecule has 1 N–H and O–H groups in total. The highest BCUT2D eigenvalue weighted by molar-refractivity contribution is 7.09. The number of rotatable bonds is 7. The van der Waals surface area contributed by atoms with Gasteiger partial charge in [0.25, 0.3) is 0 Å². The monoisotopic (exact) mass is 240 g/mol. The Hall–Kier alpha value is -0.450. The van der Waals surface area contributed by atoms with Crippen LogP contribution in [-0.2, 0) is 6.54 Å². The van der Waals surface area contributed by atoms with Gasteiger partial charge in [0.15, 0.2) is 0 Å². The first-order chi connectivity index (χ1) is 7.79. The van der Waals surface area contributed by atoms with Crippen LogP contribution in [0.4, 0.5) is 0 Å². The highest BCUT2D eigenvalue weighted by Gasteiger charge is 2.28. The van der Waals surface area contributed by atoms with Crippen LogP contribution in [0.15, 0.2) is 5.38 Å². The molecule has 0 aliphatic heterocycles. The lowest BCUT2D eigenvalue weighted by Crippen LogP contribution is -2.27. The highest BCUT2D eigenvalue weighted by Crippen LogP contribution is 2.28. The zero-order chi connectivity index (χ0) is 11.4. The van der Waals surface area contributed by atoms with Crippen LogP contribution in [0.5, 0.6) is 0 Å². The molecule has 0 unspecified atom stereocenters. The van der Waals surface area contributed by atoms with Crippen molar-refractivity contribution < 1.29 is 5.11 Å².